The lowest BCUT2D eigenvalue weighted by Crippen LogP contribution is -2.30. The highest BCUT2D eigenvalue weighted by Gasteiger charge is 2.36. The Morgan fingerprint density at radius 1 is 1.24 bits per heavy atom. The number of rotatable bonds is 8. The van der Waals surface area contributed by atoms with Gasteiger partial charge in [0.15, 0.2) is 17.3 Å². The molecule has 0 unspecified atom stereocenters. The number of carbonyl (C=O) groups is 1. The van der Waals surface area contributed by atoms with Crippen molar-refractivity contribution in [1.82, 2.24) is 14.9 Å². The Morgan fingerprint density at radius 3 is 2.86 bits per heavy atom. The topological polar surface area (TPSA) is 153 Å². The maximum atomic E-state index is 12.7. The molecule has 1 saturated carbocycles. The second kappa shape index (κ2) is 11.4. The summed E-state index contributed by atoms with van der Waals surface area (Å²) in [6.07, 6.45) is 4.62. The number of amides is 1. The van der Waals surface area contributed by atoms with Crippen LogP contribution in [-0.4, -0.2) is 64.4 Å². The highest BCUT2D eigenvalue weighted by Crippen LogP contribution is 2.45. The molecule has 1 aliphatic carbocycles. The van der Waals surface area contributed by atoms with Gasteiger partial charge in [-0.1, -0.05) is 25.3 Å². The van der Waals surface area contributed by atoms with Crippen LogP contribution in [0.3, 0.4) is 0 Å². The third-order valence-electron chi connectivity index (χ3n) is 6.87. The number of aromatic nitrogens is 2. The van der Waals surface area contributed by atoms with E-state index in [0.717, 1.165) is 12.8 Å². The zero-order chi connectivity index (χ0) is 25.8. The fraction of sp³-hybridized carbons (Fsp3) is 0.560. The van der Waals surface area contributed by atoms with Crippen molar-refractivity contribution in [2.75, 3.05) is 31.7 Å². The molecular formula is C25H32N4O8. The predicted molar refractivity (Wildman–Crippen MR) is 131 cm³/mol. The van der Waals surface area contributed by atoms with Gasteiger partial charge in [0.2, 0.25) is 0 Å². The summed E-state index contributed by atoms with van der Waals surface area (Å²) in [6, 6.07) is 5.25. The van der Waals surface area contributed by atoms with Crippen molar-refractivity contribution in [3.05, 3.63) is 34.9 Å². The van der Waals surface area contributed by atoms with Crippen molar-refractivity contribution in [2.45, 2.75) is 57.0 Å². The molecule has 37 heavy (non-hydrogen) atoms. The van der Waals surface area contributed by atoms with Gasteiger partial charge in [-0.15, -0.1) is 0 Å². The molecule has 3 heterocycles. The number of carbonyl (C=O) groups excluding carboxylic acids is 1. The average Bonchev–Trinajstić information content (AvgIpc) is 3.29. The van der Waals surface area contributed by atoms with Crippen LogP contribution in [0.25, 0.3) is 0 Å². The van der Waals surface area contributed by atoms with E-state index in [1.165, 1.54) is 30.0 Å². The Balaban J connectivity index is 1.16. The first-order chi connectivity index (χ1) is 18.0. The second-order valence-electron chi connectivity index (χ2n) is 9.49. The van der Waals surface area contributed by atoms with E-state index < -0.39 is 30.2 Å². The lowest BCUT2D eigenvalue weighted by Gasteiger charge is -2.24. The van der Waals surface area contributed by atoms with Crippen molar-refractivity contribution in [1.29, 1.82) is 0 Å². The molecule has 3 atom stereocenters. The molecular weight excluding hydrogens is 484 g/mol. The second-order valence-corrected chi connectivity index (χ2v) is 9.49. The van der Waals surface area contributed by atoms with E-state index in [-0.39, 0.29) is 32.0 Å². The molecule has 2 aliphatic heterocycles. The number of ether oxygens (including phenoxy) is 4. The van der Waals surface area contributed by atoms with Crippen molar-refractivity contribution in [3.8, 4) is 17.2 Å². The molecule has 12 heteroatoms. The molecule has 5 rings (SSSR count). The van der Waals surface area contributed by atoms with Crippen molar-refractivity contribution in [2.24, 2.45) is 5.92 Å². The molecule has 12 nitrogen and oxygen atoms in total. The van der Waals surface area contributed by atoms with Gasteiger partial charge in [0.25, 0.3) is 0 Å². The van der Waals surface area contributed by atoms with E-state index in [2.05, 4.69) is 15.6 Å². The molecule has 1 amide bonds. The number of benzene rings is 1. The zero-order valence-corrected chi connectivity index (χ0v) is 20.4. The molecule has 3 aliphatic rings. The minimum atomic E-state index is -0.884. The van der Waals surface area contributed by atoms with Gasteiger partial charge in [-0.2, -0.15) is 4.98 Å². The lowest BCUT2D eigenvalue weighted by atomic mass is 9.90. The maximum Gasteiger partial charge on any atom is 0.407 e. The van der Waals surface area contributed by atoms with E-state index in [4.69, 9.17) is 18.9 Å². The quantitative estimate of drug-likeness (QED) is 0.328. The molecule has 1 saturated heterocycles. The number of hydrogen-bond acceptors (Lipinski definition) is 10. The summed E-state index contributed by atoms with van der Waals surface area (Å²) in [4.78, 5) is 28.7. The number of aliphatic hydroxyl groups is 2. The molecule has 0 spiro atoms. The van der Waals surface area contributed by atoms with Crippen LogP contribution in [0, 0.1) is 5.92 Å². The van der Waals surface area contributed by atoms with Crippen molar-refractivity contribution in [3.63, 3.8) is 0 Å². The van der Waals surface area contributed by atoms with Gasteiger partial charge in [0.05, 0.1) is 32.1 Å². The van der Waals surface area contributed by atoms with Gasteiger partial charge in [0.1, 0.15) is 30.4 Å². The minimum absolute atomic E-state index is 0.149. The van der Waals surface area contributed by atoms with E-state index in [1.807, 2.05) is 0 Å². The maximum absolute atomic E-state index is 12.7. The third-order valence-corrected chi connectivity index (χ3v) is 6.87. The Kier molecular flexibility index (Phi) is 7.77. The molecule has 0 radical (unpaired) electrons. The SMILES string of the molecule is O=C(NCCOc1cccc2c1Nc1nc(=O)n([C@H]3C[C@@H](O)[C@@H](CO)O3)cc1O2)OCC1CCCCC1. The Bertz CT molecular complexity index is 1170. The van der Waals surface area contributed by atoms with Crippen molar-refractivity contribution >= 4 is 17.6 Å². The smallest absolute Gasteiger partial charge is 0.407 e. The fourth-order valence-corrected chi connectivity index (χ4v) is 4.86. The molecule has 0 bridgehead atoms. The van der Waals surface area contributed by atoms with Crippen molar-refractivity contribution < 1.29 is 34.0 Å². The number of fused-ring (bicyclic) bond motifs is 2. The largest absolute Gasteiger partial charge is 0.489 e. The number of anilines is 2. The minimum Gasteiger partial charge on any atom is -0.489 e. The van der Waals surface area contributed by atoms with Crippen LogP contribution in [0.1, 0.15) is 44.8 Å². The van der Waals surface area contributed by atoms with Crippen LogP contribution in [0.5, 0.6) is 17.2 Å². The lowest BCUT2D eigenvalue weighted by molar-refractivity contribution is -0.0459. The molecule has 2 aromatic rings. The van der Waals surface area contributed by atoms with E-state index in [1.54, 1.807) is 18.2 Å². The molecule has 2 fully saturated rings. The van der Waals surface area contributed by atoms with Crippen LogP contribution in [-0.2, 0) is 9.47 Å². The number of hydrogen-bond donors (Lipinski definition) is 4. The number of nitrogens with one attached hydrogen (secondary N) is 2. The summed E-state index contributed by atoms with van der Waals surface area (Å²) >= 11 is 0. The van der Waals surface area contributed by atoms with Crippen LogP contribution in [0.4, 0.5) is 16.3 Å². The van der Waals surface area contributed by atoms with E-state index in [0.29, 0.717) is 35.5 Å². The number of aliphatic hydroxyl groups excluding tert-OH is 2. The average molecular weight is 517 g/mol. The Hall–Kier alpha value is -3.35. The molecule has 1 aromatic carbocycles. The molecule has 1 aromatic heterocycles. The highest BCUT2D eigenvalue weighted by molar-refractivity contribution is 5.77. The number of alkyl carbamates (subject to hydrolysis) is 1. The van der Waals surface area contributed by atoms with Gasteiger partial charge >= 0.3 is 11.8 Å². The summed E-state index contributed by atoms with van der Waals surface area (Å²) in [7, 11) is 0. The predicted octanol–water partition coefficient (Wildman–Crippen LogP) is 2.42. The summed E-state index contributed by atoms with van der Waals surface area (Å²) in [5.41, 5.74) is -0.0872. The summed E-state index contributed by atoms with van der Waals surface area (Å²) in [5.74, 6) is 1.91. The summed E-state index contributed by atoms with van der Waals surface area (Å²) < 4.78 is 23.9. The van der Waals surface area contributed by atoms with Gasteiger partial charge < -0.3 is 39.8 Å². The number of para-hydroxylation sites is 1. The van der Waals surface area contributed by atoms with Crippen LogP contribution < -0.4 is 25.8 Å². The summed E-state index contributed by atoms with van der Waals surface area (Å²) in [5, 5.41) is 25.1. The fourth-order valence-electron chi connectivity index (χ4n) is 4.86. The first-order valence-electron chi connectivity index (χ1n) is 12.7. The third kappa shape index (κ3) is 5.81. The van der Waals surface area contributed by atoms with Gasteiger partial charge in [-0.3, -0.25) is 4.57 Å². The standard InChI is InChI=1S/C25H32N4O8/c30-13-20-16(31)11-21(37-20)29-12-19-23(28-24(29)32)27-22-17(7-4-8-18(22)36-19)34-10-9-26-25(33)35-14-15-5-2-1-3-6-15/h4,7-8,12,15-16,20-21,30-31H,1-3,5-6,9-11,13-14H2,(H,26,33)(H,27,28,32)/t16-,20-,21-/m1/s1. The van der Waals surface area contributed by atoms with Crippen LogP contribution >= 0.6 is 0 Å². The Morgan fingerprint density at radius 2 is 2.08 bits per heavy atom. The van der Waals surface area contributed by atoms with Gasteiger partial charge in [-0.05, 0) is 30.9 Å². The molecule has 4 N–H and O–H groups in total. The first-order valence-corrected chi connectivity index (χ1v) is 12.7. The van der Waals surface area contributed by atoms with E-state index in [9.17, 15) is 19.8 Å². The van der Waals surface area contributed by atoms with Crippen LogP contribution in [0.2, 0.25) is 0 Å². The first kappa shape index (κ1) is 25.3. The summed E-state index contributed by atoms with van der Waals surface area (Å²) in [6.45, 7) is 0.557. The van der Waals surface area contributed by atoms with Gasteiger partial charge in [-0.25, -0.2) is 9.59 Å². The highest BCUT2D eigenvalue weighted by atomic mass is 16.6. The number of nitrogens with zero attached hydrogens (tertiary/aromatic N) is 2. The van der Waals surface area contributed by atoms with Gasteiger partial charge in [0, 0.05) is 6.42 Å². The Labute approximate surface area is 213 Å². The molecule has 200 valence electrons. The zero-order valence-electron chi connectivity index (χ0n) is 20.4. The van der Waals surface area contributed by atoms with Crippen LogP contribution in [0.15, 0.2) is 29.2 Å². The monoisotopic (exact) mass is 516 g/mol. The normalized spacial score (nSPS) is 22.8. The van der Waals surface area contributed by atoms with E-state index >= 15 is 0 Å².